The average molecular weight is 139 g/mol. The minimum Gasteiger partial charge on any atom is -0.366 e. The number of primary amides is 1. The van der Waals surface area contributed by atoms with Crippen LogP contribution in [0, 0.1) is 11.3 Å². The molecule has 10 heavy (non-hydrogen) atoms. The monoisotopic (exact) mass is 139 g/mol. The minimum absolute atomic E-state index is 0.281. The zero-order chi connectivity index (χ0) is 7.82. The Kier molecular flexibility index (Phi) is 5.01. The first-order valence-electron chi connectivity index (χ1n) is 2.81. The second-order valence-corrected chi connectivity index (χ2v) is 1.59. The number of rotatable bonds is 4. The van der Waals surface area contributed by atoms with E-state index in [0.29, 0.717) is 6.54 Å². The van der Waals surface area contributed by atoms with Crippen LogP contribution in [0.3, 0.4) is 0 Å². The molecule has 4 nitrogen and oxygen atoms in total. The Morgan fingerprint density at radius 2 is 2.50 bits per heavy atom. The lowest BCUT2D eigenvalue weighted by Crippen LogP contribution is -2.14. The van der Waals surface area contributed by atoms with Crippen molar-refractivity contribution in [2.24, 2.45) is 5.73 Å². The maximum Gasteiger partial charge on any atom is 0.241 e. The molecule has 0 atom stereocenters. The molecular formula is C6H9N3O. The quantitative estimate of drug-likeness (QED) is 0.302. The SMILES string of the molecule is N#CCNC/C=C/C(N)=O. The Labute approximate surface area is 59.3 Å². The average Bonchev–Trinajstić information content (AvgIpc) is 1.87. The first-order valence-corrected chi connectivity index (χ1v) is 2.81. The standard InChI is InChI=1S/C6H9N3O/c7-3-5-9-4-1-2-6(8)10/h1-2,9H,4-5H2,(H2,8,10)/b2-1+. The van der Waals surface area contributed by atoms with E-state index in [9.17, 15) is 4.79 Å². The van der Waals surface area contributed by atoms with Crippen molar-refractivity contribution in [3.63, 3.8) is 0 Å². The number of carbonyl (C=O) groups excluding carboxylic acids is 1. The highest BCUT2D eigenvalue weighted by molar-refractivity contribution is 5.85. The van der Waals surface area contributed by atoms with E-state index in [1.54, 1.807) is 6.08 Å². The molecule has 0 radical (unpaired) electrons. The summed E-state index contributed by atoms with van der Waals surface area (Å²) in [5, 5.41) is 10.8. The molecule has 4 heteroatoms. The van der Waals surface area contributed by atoms with Crippen molar-refractivity contribution >= 4 is 5.91 Å². The number of hydrogen-bond donors (Lipinski definition) is 2. The van der Waals surface area contributed by atoms with Crippen LogP contribution in [-0.2, 0) is 4.79 Å². The fourth-order valence-corrected chi connectivity index (χ4v) is 0.386. The second-order valence-electron chi connectivity index (χ2n) is 1.59. The fraction of sp³-hybridized carbons (Fsp3) is 0.333. The largest absolute Gasteiger partial charge is 0.366 e. The Hall–Kier alpha value is -1.34. The molecule has 0 saturated carbocycles. The number of hydrogen-bond acceptors (Lipinski definition) is 3. The smallest absolute Gasteiger partial charge is 0.241 e. The molecule has 1 amide bonds. The zero-order valence-electron chi connectivity index (χ0n) is 5.50. The van der Waals surface area contributed by atoms with E-state index in [2.05, 4.69) is 5.32 Å². The molecular weight excluding hydrogens is 130 g/mol. The molecule has 0 spiro atoms. The predicted octanol–water partition coefficient (Wildman–Crippen LogP) is -0.859. The summed E-state index contributed by atoms with van der Waals surface area (Å²) in [6.07, 6.45) is 2.82. The maximum absolute atomic E-state index is 10.1. The van der Waals surface area contributed by atoms with Crippen molar-refractivity contribution in [1.82, 2.24) is 5.32 Å². The van der Waals surface area contributed by atoms with Crippen LogP contribution >= 0.6 is 0 Å². The Morgan fingerprint density at radius 3 is 3.00 bits per heavy atom. The van der Waals surface area contributed by atoms with Gasteiger partial charge in [0.05, 0.1) is 12.6 Å². The molecule has 0 heterocycles. The van der Waals surface area contributed by atoms with Gasteiger partial charge in [-0.3, -0.25) is 4.79 Å². The fourth-order valence-electron chi connectivity index (χ4n) is 0.386. The number of nitrogens with one attached hydrogen (secondary N) is 1. The molecule has 0 aliphatic heterocycles. The molecule has 0 saturated heterocycles. The maximum atomic E-state index is 10.1. The Bertz CT molecular complexity index is 168. The molecule has 0 unspecified atom stereocenters. The van der Waals surface area contributed by atoms with Gasteiger partial charge in [0.2, 0.25) is 5.91 Å². The van der Waals surface area contributed by atoms with Crippen molar-refractivity contribution in [2.45, 2.75) is 0 Å². The van der Waals surface area contributed by atoms with Crippen molar-refractivity contribution in [1.29, 1.82) is 5.26 Å². The van der Waals surface area contributed by atoms with E-state index in [1.165, 1.54) is 6.08 Å². The van der Waals surface area contributed by atoms with Crippen LogP contribution < -0.4 is 11.1 Å². The van der Waals surface area contributed by atoms with Crippen LogP contribution in [0.25, 0.3) is 0 Å². The van der Waals surface area contributed by atoms with Crippen molar-refractivity contribution in [3.8, 4) is 6.07 Å². The van der Waals surface area contributed by atoms with E-state index in [4.69, 9.17) is 11.0 Å². The van der Waals surface area contributed by atoms with Crippen molar-refractivity contribution < 1.29 is 4.79 Å². The van der Waals surface area contributed by atoms with Crippen LogP contribution in [-0.4, -0.2) is 19.0 Å². The normalized spacial score (nSPS) is 9.50. The van der Waals surface area contributed by atoms with E-state index < -0.39 is 5.91 Å². The molecule has 3 N–H and O–H groups in total. The van der Waals surface area contributed by atoms with Gasteiger partial charge in [-0.05, 0) is 6.08 Å². The van der Waals surface area contributed by atoms with Gasteiger partial charge in [0.1, 0.15) is 0 Å². The lowest BCUT2D eigenvalue weighted by molar-refractivity contribution is -0.113. The van der Waals surface area contributed by atoms with E-state index in [0.717, 1.165) is 0 Å². The first-order chi connectivity index (χ1) is 4.77. The van der Waals surface area contributed by atoms with Crippen LogP contribution in [0.5, 0.6) is 0 Å². The van der Waals surface area contributed by atoms with E-state index in [-0.39, 0.29) is 6.54 Å². The van der Waals surface area contributed by atoms with Crippen LogP contribution in [0.15, 0.2) is 12.2 Å². The molecule has 0 bridgehead atoms. The summed E-state index contributed by atoms with van der Waals surface area (Å²) in [6.45, 7) is 0.777. The molecule has 0 aromatic carbocycles. The van der Waals surface area contributed by atoms with Gasteiger partial charge in [-0.1, -0.05) is 6.08 Å². The van der Waals surface area contributed by atoms with Gasteiger partial charge < -0.3 is 11.1 Å². The Balaban J connectivity index is 3.20. The third kappa shape index (κ3) is 6.66. The third-order valence-corrected chi connectivity index (χ3v) is 0.748. The Morgan fingerprint density at radius 1 is 1.80 bits per heavy atom. The lowest BCUT2D eigenvalue weighted by Gasteiger charge is -1.88. The van der Waals surface area contributed by atoms with E-state index in [1.807, 2.05) is 6.07 Å². The highest BCUT2D eigenvalue weighted by Crippen LogP contribution is 1.67. The summed E-state index contributed by atoms with van der Waals surface area (Å²) >= 11 is 0. The summed E-state index contributed by atoms with van der Waals surface area (Å²) < 4.78 is 0. The molecule has 0 aromatic heterocycles. The van der Waals surface area contributed by atoms with Gasteiger partial charge in [-0.25, -0.2) is 0 Å². The summed E-state index contributed by atoms with van der Waals surface area (Å²) in [5.74, 6) is -0.473. The van der Waals surface area contributed by atoms with Crippen molar-refractivity contribution in [2.75, 3.05) is 13.1 Å². The lowest BCUT2D eigenvalue weighted by atomic mass is 10.4. The number of nitrogens with zero attached hydrogens (tertiary/aromatic N) is 1. The van der Waals surface area contributed by atoms with Gasteiger partial charge in [0.15, 0.2) is 0 Å². The van der Waals surface area contributed by atoms with Gasteiger partial charge in [0, 0.05) is 6.54 Å². The topological polar surface area (TPSA) is 78.9 Å². The van der Waals surface area contributed by atoms with Crippen molar-refractivity contribution in [3.05, 3.63) is 12.2 Å². The number of amides is 1. The molecule has 54 valence electrons. The summed E-state index contributed by atoms with van der Waals surface area (Å²) in [6, 6.07) is 1.89. The molecule has 0 aromatic rings. The van der Waals surface area contributed by atoms with Gasteiger partial charge in [0.25, 0.3) is 0 Å². The number of nitrogens with two attached hydrogens (primary N) is 1. The third-order valence-electron chi connectivity index (χ3n) is 0.748. The van der Waals surface area contributed by atoms with Gasteiger partial charge >= 0.3 is 0 Å². The van der Waals surface area contributed by atoms with Gasteiger partial charge in [-0.2, -0.15) is 5.26 Å². The summed E-state index contributed by atoms with van der Waals surface area (Å²) in [7, 11) is 0. The zero-order valence-corrected chi connectivity index (χ0v) is 5.50. The minimum atomic E-state index is -0.473. The number of nitriles is 1. The molecule has 0 aliphatic carbocycles. The van der Waals surface area contributed by atoms with Crippen LogP contribution in [0.2, 0.25) is 0 Å². The molecule has 0 fully saturated rings. The molecule has 0 aliphatic rings. The first kappa shape index (κ1) is 8.66. The predicted molar refractivity (Wildman–Crippen MR) is 36.8 cm³/mol. The molecule has 0 rings (SSSR count). The van der Waals surface area contributed by atoms with Crippen LogP contribution in [0.1, 0.15) is 0 Å². The summed E-state index contributed by atoms with van der Waals surface area (Å²) in [4.78, 5) is 10.1. The van der Waals surface area contributed by atoms with Gasteiger partial charge in [-0.15, -0.1) is 0 Å². The summed E-state index contributed by atoms with van der Waals surface area (Å²) in [5.41, 5.74) is 4.79. The van der Waals surface area contributed by atoms with E-state index >= 15 is 0 Å². The second kappa shape index (κ2) is 5.79. The van der Waals surface area contributed by atoms with Crippen LogP contribution in [0.4, 0.5) is 0 Å². The number of carbonyl (C=O) groups is 1. The highest BCUT2D eigenvalue weighted by atomic mass is 16.1. The highest BCUT2D eigenvalue weighted by Gasteiger charge is 1.81.